The number of benzene rings is 1. The van der Waals surface area contributed by atoms with Crippen molar-refractivity contribution in [3.05, 3.63) is 48.4 Å². The van der Waals surface area contributed by atoms with Gasteiger partial charge in [-0.2, -0.15) is 0 Å². The van der Waals surface area contributed by atoms with Crippen LogP contribution in [0.5, 0.6) is 11.5 Å². The van der Waals surface area contributed by atoms with Gasteiger partial charge in [0.1, 0.15) is 11.9 Å². The van der Waals surface area contributed by atoms with Crippen molar-refractivity contribution in [2.75, 3.05) is 59.6 Å². The van der Waals surface area contributed by atoms with Crippen LogP contribution in [0.15, 0.2) is 52.1 Å². The van der Waals surface area contributed by atoms with Crippen LogP contribution >= 0.6 is 24.0 Å². The summed E-state index contributed by atoms with van der Waals surface area (Å²) in [5.74, 6) is 3.17. The van der Waals surface area contributed by atoms with E-state index in [1.54, 1.807) is 13.4 Å². The van der Waals surface area contributed by atoms with E-state index in [-0.39, 0.29) is 30.1 Å². The number of hydrogen-bond acceptors (Lipinski definition) is 6. The second-order valence-corrected chi connectivity index (χ2v) is 7.41. The highest BCUT2D eigenvalue weighted by atomic mass is 127. The summed E-state index contributed by atoms with van der Waals surface area (Å²) in [6.45, 7) is 8.59. The van der Waals surface area contributed by atoms with Gasteiger partial charge in [-0.3, -0.25) is 4.90 Å². The summed E-state index contributed by atoms with van der Waals surface area (Å²) in [6, 6.07) is 11.5. The molecule has 0 amide bonds. The molecule has 1 aliphatic rings. The molecule has 0 spiro atoms. The van der Waals surface area contributed by atoms with E-state index in [0.29, 0.717) is 6.54 Å². The zero-order chi connectivity index (χ0) is 21.7. The number of guanidine groups is 1. The Hall–Kier alpha value is -1.98. The molecule has 1 atom stereocenters. The van der Waals surface area contributed by atoms with Crippen molar-refractivity contribution in [3.8, 4) is 11.5 Å². The lowest BCUT2D eigenvalue weighted by Crippen LogP contribution is -2.45. The molecule has 0 bridgehead atoms. The van der Waals surface area contributed by atoms with E-state index >= 15 is 0 Å². The Morgan fingerprint density at radius 2 is 1.84 bits per heavy atom. The van der Waals surface area contributed by atoms with Crippen molar-refractivity contribution >= 4 is 29.9 Å². The number of halogens is 1. The summed E-state index contributed by atoms with van der Waals surface area (Å²) in [4.78, 5) is 7.12. The van der Waals surface area contributed by atoms with Gasteiger partial charge in [0.25, 0.3) is 0 Å². The standard InChI is InChI=1S/C23H34N4O4.HI/c1-19(31-22-8-4-3-7-21(22)28-2)18-26-23(24-10-9-20-6-5-15-30-20)25-11-12-27-13-16-29-17-14-27;/h3-8,15,19H,9-14,16-18H2,1-2H3,(H2,24,25,26);1H. The van der Waals surface area contributed by atoms with E-state index in [4.69, 9.17) is 23.6 Å². The fourth-order valence-corrected chi connectivity index (χ4v) is 3.28. The fraction of sp³-hybridized carbons (Fsp3) is 0.522. The van der Waals surface area contributed by atoms with Crippen LogP contribution in [0.3, 0.4) is 0 Å². The van der Waals surface area contributed by atoms with Gasteiger partial charge in [0.15, 0.2) is 17.5 Å². The summed E-state index contributed by atoms with van der Waals surface area (Å²) in [6.07, 6.45) is 2.39. The van der Waals surface area contributed by atoms with Gasteiger partial charge in [-0.25, -0.2) is 4.99 Å². The average Bonchev–Trinajstić information content (AvgIpc) is 3.32. The van der Waals surface area contributed by atoms with Crippen LogP contribution in [-0.4, -0.2) is 76.6 Å². The van der Waals surface area contributed by atoms with E-state index < -0.39 is 0 Å². The number of hydrogen-bond donors (Lipinski definition) is 2. The topological polar surface area (TPSA) is 80.5 Å². The van der Waals surface area contributed by atoms with Crippen LogP contribution in [0.25, 0.3) is 0 Å². The Balaban J connectivity index is 0.00000363. The third kappa shape index (κ3) is 9.25. The predicted octanol–water partition coefficient (Wildman–Crippen LogP) is 2.78. The van der Waals surface area contributed by atoms with Crippen molar-refractivity contribution in [2.24, 2.45) is 4.99 Å². The lowest BCUT2D eigenvalue weighted by molar-refractivity contribution is 0.0389. The van der Waals surface area contributed by atoms with Gasteiger partial charge in [0.05, 0.1) is 33.1 Å². The quantitative estimate of drug-likeness (QED) is 0.250. The molecule has 32 heavy (non-hydrogen) atoms. The van der Waals surface area contributed by atoms with Gasteiger partial charge in [-0.15, -0.1) is 24.0 Å². The molecule has 1 aromatic heterocycles. The molecule has 178 valence electrons. The number of ether oxygens (including phenoxy) is 3. The molecule has 2 N–H and O–H groups in total. The monoisotopic (exact) mass is 558 g/mol. The van der Waals surface area contributed by atoms with Crippen molar-refractivity contribution in [3.63, 3.8) is 0 Å². The van der Waals surface area contributed by atoms with Crippen LogP contribution in [0.1, 0.15) is 12.7 Å². The van der Waals surface area contributed by atoms with Gasteiger partial charge in [-0.1, -0.05) is 12.1 Å². The largest absolute Gasteiger partial charge is 0.493 e. The van der Waals surface area contributed by atoms with Gasteiger partial charge < -0.3 is 29.3 Å². The molecular formula is C23H35IN4O4. The smallest absolute Gasteiger partial charge is 0.191 e. The second-order valence-electron chi connectivity index (χ2n) is 7.41. The van der Waals surface area contributed by atoms with Crippen LogP contribution in [0, 0.1) is 0 Å². The lowest BCUT2D eigenvalue weighted by atomic mass is 10.3. The molecule has 1 unspecified atom stereocenters. The molecule has 1 aromatic carbocycles. The van der Waals surface area contributed by atoms with Gasteiger partial charge in [-0.05, 0) is 31.2 Å². The third-order valence-corrected chi connectivity index (χ3v) is 4.97. The first kappa shape index (κ1) is 26.3. The molecule has 1 saturated heterocycles. The highest BCUT2D eigenvalue weighted by Gasteiger charge is 2.11. The molecule has 0 aliphatic carbocycles. The molecule has 0 saturated carbocycles. The summed E-state index contributed by atoms with van der Waals surface area (Å²) in [7, 11) is 1.64. The number of para-hydroxylation sites is 2. The summed E-state index contributed by atoms with van der Waals surface area (Å²) < 4.78 is 22.2. The highest BCUT2D eigenvalue weighted by molar-refractivity contribution is 14.0. The van der Waals surface area contributed by atoms with Gasteiger partial charge in [0.2, 0.25) is 0 Å². The lowest BCUT2D eigenvalue weighted by Gasteiger charge is -2.26. The SMILES string of the molecule is COc1ccccc1OC(C)CN=C(NCCc1ccco1)NCCN1CCOCC1.I. The van der Waals surface area contributed by atoms with E-state index in [2.05, 4.69) is 15.5 Å². The zero-order valence-electron chi connectivity index (χ0n) is 18.9. The van der Waals surface area contributed by atoms with Crippen LogP contribution < -0.4 is 20.1 Å². The van der Waals surface area contributed by atoms with Crippen molar-refractivity contribution in [1.82, 2.24) is 15.5 Å². The average molecular weight is 558 g/mol. The van der Waals surface area contributed by atoms with Crippen LogP contribution in [-0.2, 0) is 11.2 Å². The number of aliphatic imine (C=N–C) groups is 1. The molecule has 2 aromatic rings. The number of furan rings is 1. The number of rotatable bonds is 11. The Morgan fingerprint density at radius 3 is 2.56 bits per heavy atom. The Morgan fingerprint density at radius 1 is 1.09 bits per heavy atom. The number of morpholine rings is 1. The molecule has 3 rings (SSSR count). The molecule has 8 nitrogen and oxygen atoms in total. The minimum Gasteiger partial charge on any atom is -0.493 e. The normalized spacial score (nSPS) is 15.5. The first-order chi connectivity index (χ1) is 15.2. The number of methoxy groups -OCH3 is 1. The van der Waals surface area contributed by atoms with E-state index in [1.807, 2.05) is 43.3 Å². The molecule has 1 fully saturated rings. The molecule has 2 heterocycles. The Kier molecular flexibility index (Phi) is 12.3. The van der Waals surface area contributed by atoms with E-state index in [0.717, 1.165) is 75.6 Å². The third-order valence-electron chi connectivity index (χ3n) is 4.97. The van der Waals surface area contributed by atoms with E-state index in [9.17, 15) is 0 Å². The maximum absolute atomic E-state index is 6.03. The van der Waals surface area contributed by atoms with Crippen LogP contribution in [0.4, 0.5) is 0 Å². The van der Waals surface area contributed by atoms with Gasteiger partial charge in [0, 0.05) is 39.1 Å². The van der Waals surface area contributed by atoms with Crippen molar-refractivity contribution in [1.29, 1.82) is 0 Å². The zero-order valence-corrected chi connectivity index (χ0v) is 21.2. The van der Waals surface area contributed by atoms with Crippen LogP contribution in [0.2, 0.25) is 0 Å². The van der Waals surface area contributed by atoms with E-state index in [1.165, 1.54) is 0 Å². The molecule has 9 heteroatoms. The highest BCUT2D eigenvalue weighted by Crippen LogP contribution is 2.26. The van der Waals surface area contributed by atoms with Gasteiger partial charge >= 0.3 is 0 Å². The number of nitrogens with zero attached hydrogens (tertiary/aromatic N) is 2. The van der Waals surface area contributed by atoms with Crippen molar-refractivity contribution in [2.45, 2.75) is 19.4 Å². The Labute approximate surface area is 207 Å². The minimum atomic E-state index is -0.0979. The molecular weight excluding hydrogens is 523 g/mol. The maximum atomic E-state index is 6.03. The summed E-state index contributed by atoms with van der Waals surface area (Å²) >= 11 is 0. The first-order valence-corrected chi connectivity index (χ1v) is 10.9. The first-order valence-electron chi connectivity index (χ1n) is 10.9. The van der Waals surface area contributed by atoms with Crippen molar-refractivity contribution < 1.29 is 18.6 Å². The molecule has 0 radical (unpaired) electrons. The predicted molar refractivity (Wildman–Crippen MR) is 136 cm³/mol. The minimum absolute atomic E-state index is 0. The number of nitrogens with one attached hydrogen (secondary N) is 2. The second kappa shape index (κ2) is 15.0. The Bertz CT molecular complexity index is 782. The molecule has 1 aliphatic heterocycles. The summed E-state index contributed by atoms with van der Waals surface area (Å²) in [5.41, 5.74) is 0. The maximum Gasteiger partial charge on any atom is 0.191 e. The summed E-state index contributed by atoms with van der Waals surface area (Å²) in [5, 5.41) is 6.83. The fourth-order valence-electron chi connectivity index (χ4n) is 3.28.